The maximum absolute atomic E-state index is 11.1. The van der Waals surface area contributed by atoms with Crippen LogP contribution >= 0.6 is 15.9 Å². The quantitative estimate of drug-likeness (QED) is 0.891. The zero-order chi connectivity index (χ0) is 13.0. The number of ether oxygens (including phenoxy) is 1. The molecule has 0 spiro atoms. The Hall–Kier alpha value is -1.07. The molecular formula is C13H17BrN2O2. The van der Waals surface area contributed by atoms with E-state index >= 15 is 0 Å². The molecule has 4 nitrogen and oxygen atoms in total. The van der Waals surface area contributed by atoms with Crippen molar-refractivity contribution < 1.29 is 9.53 Å². The van der Waals surface area contributed by atoms with Crippen LogP contribution < -0.4 is 15.4 Å². The van der Waals surface area contributed by atoms with Crippen molar-refractivity contribution in [2.45, 2.75) is 25.4 Å². The maximum atomic E-state index is 11.1. The van der Waals surface area contributed by atoms with Crippen LogP contribution in [-0.2, 0) is 11.3 Å². The standard InChI is InChI=1S/C13H17BrN2O2/c1-18-11-3-4-12(14)9(6-11)7-15-10-2-5-13(17)16-8-10/h3-4,6,10,15H,2,5,7-8H2,1H3,(H,16,17). The van der Waals surface area contributed by atoms with Gasteiger partial charge in [-0.05, 0) is 30.2 Å². The Kier molecular flexibility index (Phi) is 4.60. The van der Waals surface area contributed by atoms with Crippen molar-refractivity contribution in [1.82, 2.24) is 10.6 Å². The Bertz CT molecular complexity index is 427. The summed E-state index contributed by atoms with van der Waals surface area (Å²) in [7, 11) is 1.66. The van der Waals surface area contributed by atoms with Gasteiger partial charge in [-0.25, -0.2) is 0 Å². The van der Waals surface area contributed by atoms with Crippen LogP contribution in [-0.4, -0.2) is 25.6 Å². The van der Waals surface area contributed by atoms with Crippen molar-refractivity contribution in [1.29, 1.82) is 0 Å². The number of nitrogens with one attached hydrogen (secondary N) is 2. The Morgan fingerprint density at radius 3 is 3.06 bits per heavy atom. The molecule has 98 valence electrons. The molecule has 2 N–H and O–H groups in total. The minimum Gasteiger partial charge on any atom is -0.497 e. The average molecular weight is 313 g/mol. The molecular weight excluding hydrogens is 296 g/mol. The van der Waals surface area contributed by atoms with Gasteiger partial charge in [-0.1, -0.05) is 15.9 Å². The molecule has 1 atom stereocenters. The van der Waals surface area contributed by atoms with Crippen molar-refractivity contribution in [3.8, 4) is 5.75 Å². The molecule has 5 heteroatoms. The summed E-state index contributed by atoms with van der Waals surface area (Å²) in [6.45, 7) is 1.47. The molecule has 0 bridgehead atoms. The maximum Gasteiger partial charge on any atom is 0.220 e. The summed E-state index contributed by atoms with van der Waals surface area (Å²) < 4.78 is 6.28. The first-order valence-corrected chi connectivity index (χ1v) is 6.81. The lowest BCUT2D eigenvalue weighted by Crippen LogP contribution is -2.45. The van der Waals surface area contributed by atoms with Gasteiger partial charge < -0.3 is 15.4 Å². The molecule has 1 aliphatic heterocycles. The van der Waals surface area contributed by atoms with Gasteiger partial charge in [-0.15, -0.1) is 0 Å². The third-order valence-corrected chi connectivity index (χ3v) is 3.87. The lowest BCUT2D eigenvalue weighted by molar-refractivity contribution is -0.122. The fourth-order valence-corrected chi connectivity index (χ4v) is 2.36. The largest absolute Gasteiger partial charge is 0.497 e. The smallest absolute Gasteiger partial charge is 0.220 e. The molecule has 1 amide bonds. The number of piperidine rings is 1. The number of carbonyl (C=O) groups excluding carboxylic acids is 1. The minimum absolute atomic E-state index is 0.149. The third-order valence-electron chi connectivity index (χ3n) is 3.10. The predicted octanol–water partition coefficient (Wildman–Crippen LogP) is 1.83. The predicted molar refractivity (Wildman–Crippen MR) is 73.6 cm³/mol. The molecule has 1 aromatic rings. The van der Waals surface area contributed by atoms with Gasteiger partial charge in [-0.2, -0.15) is 0 Å². The van der Waals surface area contributed by atoms with Crippen molar-refractivity contribution in [3.63, 3.8) is 0 Å². The van der Waals surface area contributed by atoms with Gasteiger partial charge in [0.2, 0.25) is 5.91 Å². The number of benzene rings is 1. The van der Waals surface area contributed by atoms with Gasteiger partial charge in [0.25, 0.3) is 0 Å². The zero-order valence-corrected chi connectivity index (χ0v) is 11.9. The second kappa shape index (κ2) is 6.20. The molecule has 1 aliphatic rings. The first kappa shape index (κ1) is 13.4. The van der Waals surface area contributed by atoms with Crippen LogP contribution in [0.25, 0.3) is 0 Å². The Labute approximate surface area is 115 Å². The highest BCUT2D eigenvalue weighted by molar-refractivity contribution is 9.10. The summed E-state index contributed by atoms with van der Waals surface area (Å²) >= 11 is 3.53. The third kappa shape index (κ3) is 3.46. The van der Waals surface area contributed by atoms with Gasteiger partial charge in [0.15, 0.2) is 0 Å². The van der Waals surface area contributed by atoms with E-state index < -0.39 is 0 Å². The van der Waals surface area contributed by atoms with Crippen molar-refractivity contribution in [2.24, 2.45) is 0 Å². The molecule has 1 aromatic carbocycles. The van der Waals surface area contributed by atoms with E-state index in [2.05, 4.69) is 26.6 Å². The van der Waals surface area contributed by atoms with E-state index in [1.807, 2.05) is 18.2 Å². The van der Waals surface area contributed by atoms with E-state index in [0.29, 0.717) is 19.0 Å². The summed E-state index contributed by atoms with van der Waals surface area (Å²) in [6.07, 6.45) is 1.50. The highest BCUT2D eigenvalue weighted by Crippen LogP contribution is 2.22. The van der Waals surface area contributed by atoms with E-state index in [1.165, 1.54) is 0 Å². The van der Waals surface area contributed by atoms with Gasteiger partial charge >= 0.3 is 0 Å². The van der Waals surface area contributed by atoms with Gasteiger partial charge in [0.05, 0.1) is 7.11 Å². The number of rotatable bonds is 4. The van der Waals surface area contributed by atoms with Crippen LogP contribution in [0.3, 0.4) is 0 Å². The second-order valence-corrected chi connectivity index (χ2v) is 5.23. The summed E-state index contributed by atoms with van der Waals surface area (Å²) in [6, 6.07) is 6.27. The van der Waals surface area contributed by atoms with Gasteiger partial charge in [0, 0.05) is 30.0 Å². The Balaban J connectivity index is 1.91. The minimum atomic E-state index is 0.149. The van der Waals surface area contributed by atoms with Crippen LogP contribution in [0, 0.1) is 0 Å². The molecule has 0 saturated carbocycles. The first-order chi connectivity index (χ1) is 8.69. The molecule has 0 aromatic heterocycles. The van der Waals surface area contributed by atoms with Gasteiger partial charge in [-0.3, -0.25) is 4.79 Å². The fourth-order valence-electron chi connectivity index (χ4n) is 1.97. The molecule has 0 radical (unpaired) electrons. The SMILES string of the molecule is COc1ccc(Br)c(CNC2CCC(=O)NC2)c1. The molecule has 18 heavy (non-hydrogen) atoms. The molecule has 2 rings (SSSR count). The Morgan fingerprint density at radius 2 is 2.39 bits per heavy atom. The topological polar surface area (TPSA) is 50.4 Å². The number of hydrogen-bond acceptors (Lipinski definition) is 3. The second-order valence-electron chi connectivity index (χ2n) is 4.38. The molecule has 1 fully saturated rings. The van der Waals surface area contributed by atoms with Crippen molar-refractivity contribution in [3.05, 3.63) is 28.2 Å². The van der Waals surface area contributed by atoms with E-state index in [4.69, 9.17) is 4.74 Å². The molecule has 1 unspecified atom stereocenters. The van der Waals surface area contributed by atoms with Gasteiger partial charge in [0.1, 0.15) is 5.75 Å². The van der Waals surface area contributed by atoms with E-state index in [9.17, 15) is 4.79 Å². The summed E-state index contributed by atoms with van der Waals surface area (Å²) in [5.74, 6) is 1.00. The van der Waals surface area contributed by atoms with E-state index in [-0.39, 0.29) is 5.91 Å². The Morgan fingerprint density at radius 1 is 1.56 bits per heavy atom. The average Bonchev–Trinajstić information content (AvgIpc) is 2.40. The fraction of sp³-hybridized carbons (Fsp3) is 0.462. The molecule has 1 heterocycles. The number of carbonyl (C=O) groups is 1. The molecule has 1 saturated heterocycles. The van der Waals surface area contributed by atoms with E-state index in [0.717, 1.165) is 28.8 Å². The van der Waals surface area contributed by atoms with E-state index in [1.54, 1.807) is 7.11 Å². The highest BCUT2D eigenvalue weighted by atomic mass is 79.9. The number of amides is 1. The van der Waals surface area contributed by atoms with Crippen LogP contribution in [0.5, 0.6) is 5.75 Å². The lowest BCUT2D eigenvalue weighted by Gasteiger charge is -2.23. The summed E-state index contributed by atoms with van der Waals surface area (Å²) in [5, 5.41) is 6.32. The highest BCUT2D eigenvalue weighted by Gasteiger charge is 2.17. The van der Waals surface area contributed by atoms with Crippen LogP contribution in [0.4, 0.5) is 0 Å². The monoisotopic (exact) mass is 312 g/mol. The molecule has 0 aliphatic carbocycles. The summed E-state index contributed by atoms with van der Waals surface area (Å²) in [5.41, 5.74) is 1.16. The zero-order valence-electron chi connectivity index (χ0n) is 10.3. The summed E-state index contributed by atoms with van der Waals surface area (Å²) in [4.78, 5) is 11.1. The van der Waals surface area contributed by atoms with Crippen LogP contribution in [0.15, 0.2) is 22.7 Å². The first-order valence-electron chi connectivity index (χ1n) is 6.01. The normalized spacial score (nSPS) is 19.4. The van der Waals surface area contributed by atoms with Crippen LogP contribution in [0.2, 0.25) is 0 Å². The van der Waals surface area contributed by atoms with Crippen molar-refractivity contribution >= 4 is 21.8 Å². The van der Waals surface area contributed by atoms with Crippen LogP contribution in [0.1, 0.15) is 18.4 Å². The number of halogens is 1. The lowest BCUT2D eigenvalue weighted by atomic mass is 10.1. The number of methoxy groups -OCH3 is 1. The van der Waals surface area contributed by atoms with Crippen molar-refractivity contribution in [2.75, 3.05) is 13.7 Å². The number of hydrogen-bond donors (Lipinski definition) is 2.